The molecule has 0 spiro atoms. The molecule has 2 unspecified atom stereocenters. The van der Waals surface area contributed by atoms with Gasteiger partial charge in [0.1, 0.15) is 0 Å². The first-order valence-electron chi connectivity index (χ1n) is 6.43. The van der Waals surface area contributed by atoms with E-state index in [1.165, 1.54) is 51.7 Å². The van der Waals surface area contributed by atoms with Gasteiger partial charge in [0, 0.05) is 18.5 Å². The van der Waals surface area contributed by atoms with Crippen molar-refractivity contribution in [1.82, 2.24) is 10.2 Å². The Morgan fingerprint density at radius 1 is 1.13 bits per heavy atom. The van der Waals surface area contributed by atoms with Crippen LogP contribution in [0.3, 0.4) is 0 Å². The van der Waals surface area contributed by atoms with Gasteiger partial charge in [0.2, 0.25) is 0 Å². The van der Waals surface area contributed by atoms with Crippen LogP contribution in [0.1, 0.15) is 32.1 Å². The number of nitrogens with one attached hydrogen (secondary N) is 1. The molecule has 0 aromatic rings. The van der Waals surface area contributed by atoms with E-state index in [1.807, 2.05) is 0 Å². The van der Waals surface area contributed by atoms with Gasteiger partial charge >= 0.3 is 0 Å². The second-order valence-corrected chi connectivity index (χ2v) is 5.52. The highest BCUT2D eigenvalue weighted by Gasteiger charge is 2.24. The average molecular weight is 231 g/mol. The SMILES string of the molecule is ClC1CCCC1CNCCN1CCCC1. The van der Waals surface area contributed by atoms with Crippen molar-refractivity contribution in [3.63, 3.8) is 0 Å². The van der Waals surface area contributed by atoms with Gasteiger partial charge in [-0.15, -0.1) is 11.6 Å². The molecular weight excluding hydrogens is 208 g/mol. The number of likely N-dealkylation sites (tertiary alicyclic amines) is 1. The quantitative estimate of drug-likeness (QED) is 0.575. The topological polar surface area (TPSA) is 15.3 Å². The highest BCUT2D eigenvalue weighted by molar-refractivity contribution is 6.20. The minimum Gasteiger partial charge on any atom is -0.315 e. The molecule has 0 aromatic heterocycles. The van der Waals surface area contributed by atoms with E-state index in [-0.39, 0.29) is 0 Å². The van der Waals surface area contributed by atoms with Crippen molar-refractivity contribution >= 4 is 11.6 Å². The standard InChI is InChI=1S/C12H23ClN2/c13-12-5-3-4-11(12)10-14-6-9-15-7-1-2-8-15/h11-12,14H,1-10H2. The maximum Gasteiger partial charge on any atom is 0.0376 e. The van der Waals surface area contributed by atoms with Crippen LogP contribution in [0.4, 0.5) is 0 Å². The zero-order valence-electron chi connectivity index (χ0n) is 9.55. The fourth-order valence-electron chi connectivity index (χ4n) is 2.75. The van der Waals surface area contributed by atoms with Crippen molar-refractivity contribution in [3.8, 4) is 0 Å². The van der Waals surface area contributed by atoms with Crippen LogP contribution in [0.2, 0.25) is 0 Å². The zero-order valence-corrected chi connectivity index (χ0v) is 10.3. The van der Waals surface area contributed by atoms with Crippen molar-refractivity contribution in [2.45, 2.75) is 37.5 Å². The number of hydrogen-bond acceptors (Lipinski definition) is 2. The lowest BCUT2D eigenvalue weighted by Crippen LogP contribution is -2.33. The summed E-state index contributed by atoms with van der Waals surface area (Å²) in [5, 5.41) is 3.99. The molecule has 1 saturated carbocycles. The van der Waals surface area contributed by atoms with Crippen LogP contribution in [0.5, 0.6) is 0 Å². The van der Waals surface area contributed by atoms with Crippen LogP contribution in [0, 0.1) is 5.92 Å². The average Bonchev–Trinajstić information content (AvgIpc) is 2.85. The molecule has 1 aliphatic carbocycles. The Kier molecular flexibility index (Phi) is 4.73. The summed E-state index contributed by atoms with van der Waals surface area (Å²) < 4.78 is 0. The Hall–Kier alpha value is 0.210. The molecule has 3 heteroatoms. The Morgan fingerprint density at radius 2 is 1.93 bits per heavy atom. The summed E-state index contributed by atoms with van der Waals surface area (Å²) in [4.78, 5) is 2.56. The number of nitrogens with zero attached hydrogens (tertiary/aromatic N) is 1. The summed E-state index contributed by atoms with van der Waals surface area (Å²) in [6, 6.07) is 0. The number of alkyl halides is 1. The zero-order chi connectivity index (χ0) is 10.5. The minimum atomic E-state index is 0.435. The van der Waals surface area contributed by atoms with Crippen LogP contribution in [-0.2, 0) is 0 Å². The molecule has 2 nitrogen and oxygen atoms in total. The Bertz CT molecular complexity index is 180. The van der Waals surface area contributed by atoms with Crippen molar-refractivity contribution in [1.29, 1.82) is 0 Å². The monoisotopic (exact) mass is 230 g/mol. The van der Waals surface area contributed by atoms with Crippen molar-refractivity contribution in [2.75, 3.05) is 32.7 Å². The Balaban J connectivity index is 1.51. The summed E-state index contributed by atoms with van der Waals surface area (Å²) >= 11 is 6.23. The van der Waals surface area contributed by atoms with Gasteiger partial charge in [-0.3, -0.25) is 0 Å². The van der Waals surface area contributed by atoms with E-state index in [0.29, 0.717) is 5.38 Å². The third-order valence-corrected chi connectivity index (χ3v) is 4.35. The molecular formula is C12H23ClN2. The molecule has 2 fully saturated rings. The lowest BCUT2D eigenvalue weighted by atomic mass is 10.1. The van der Waals surface area contributed by atoms with E-state index in [4.69, 9.17) is 11.6 Å². The predicted molar refractivity (Wildman–Crippen MR) is 65.5 cm³/mol. The number of rotatable bonds is 5. The molecule has 0 bridgehead atoms. The lowest BCUT2D eigenvalue weighted by Gasteiger charge is -2.17. The largest absolute Gasteiger partial charge is 0.315 e. The van der Waals surface area contributed by atoms with E-state index in [2.05, 4.69) is 10.2 Å². The first-order valence-corrected chi connectivity index (χ1v) is 6.87. The molecule has 0 radical (unpaired) electrons. The van der Waals surface area contributed by atoms with Gasteiger partial charge < -0.3 is 10.2 Å². The third-order valence-electron chi connectivity index (χ3n) is 3.78. The van der Waals surface area contributed by atoms with Crippen molar-refractivity contribution < 1.29 is 0 Å². The molecule has 2 rings (SSSR count). The summed E-state index contributed by atoms with van der Waals surface area (Å²) in [6.45, 7) is 6.11. The first kappa shape index (κ1) is 11.7. The summed E-state index contributed by atoms with van der Waals surface area (Å²) in [7, 11) is 0. The Morgan fingerprint density at radius 3 is 2.60 bits per heavy atom. The normalized spacial score (nSPS) is 32.6. The lowest BCUT2D eigenvalue weighted by molar-refractivity contribution is 0.330. The molecule has 88 valence electrons. The van der Waals surface area contributed by atoms with E-state index in [1.54, 1.807) is 0 Å². The Labute approximate surface area is 98.4 Å². The molecule has 2 atom stereocenters. The van der Waals surface area contributed by atoms with E-state index in [0.717, 1.165) is 19.0 Å². The van der Waals surface area contributed by atoms with Crippen LogP contribution >= 0.6 is 11.6 Å². The second-order valence-electron chi connectivity index (χ2n) is 4.96. The molecule has 1 heterocycles. The van der Waals surface area contributed by atoms with Crippen molar-refractivity contribution in [2.24, 2.45) is 5.92 Å². The van der Waals surface area contributed by atoms with Gasteiger partial charge in [0.15, 0.2) is 0 Å². The van der Waals surface area contributed by atoms with Crippen molar-refractivity contribution in [3.05, 3.63) is 0 Å². The number of hydrogen-bond donors (Lipinski definition) is 1. The summed E-state index contributed by atoms with van der Waals surface area (Å²) in [5.74, 6) is 0.727. The molecule has 2 aliphatic rings. The second kappa shape index (κ2) is 6.07. The summed E-state index contributed by atoms with van der Waals surface area (Å²) in [6.07, 6.45) is 6.66. The van der Waals surface area contributed by atoms with Gasteiger partial charge in [0.05, 0.1) is 0 Å². The number of halogens is 1. The molecule has 1 saturated heterocycles. The van der Waals surface area contributed by atoms with Gasteiger partial charge in [-0.2, -0.15) is 0 Å². The fourth-order valence-corrected chi connectivity index (χ4v) is 3.12. The first-order chi connectivity index (χ1) is 7.36. The molecule has 0 amide bonds. The minimum absolute atomic E-state index is 0.435. The predicted octanol–water partition coefficient (Wildman–Crippen LogP) is 2.08. The van der Waals surface area contributed by atoms with Gasteiger partial charge in [-0.05, 0) is 51.2 Å². The molecule has 0 aromatic carbocycles. The van der Waals surface area contributed by atoms with E-state index >= 15 is 0 Å². The van der Waals surface area contributed by atoms with Crippen LogP contribution in [-0.4, -0.2) is 43.0 Å². The summed E-state index contributed by atoms with van der Waals surface area (Å²) in [5.41, 5.74) is 0. The highest BCUT2D eigenvalue weighted by atomic mass is 35.5. The molecule has 1 N–H and O–H groups in total. The highest BCUT2D eigenvalue weighted by Crippen LogP contribution is 2.29. The molecule has 1 aliphatic heterocycles. The smallest absolute Gasteiger partial charge is 0.0376 e. The van der Waals surface area contributed by atoms with Gasteiger partial charge in [-0.25, -0.2) is 0 Å². The van der Waals surface area contributed by atoms with Crippen LogP contribution in [0.25, 0.3) is 0 Å². The molecule has 15 heavy (non-hydrogen) atoms. The van der Waals surface area contributed by atoms with Crippen LogP contribution in [0.15, 0.2) is 0 Å². The van der Waals surface area contributed by atoms with E-state index < -0.39 is 0 Å². The third kappa shape index (κ3) is 3.61. The van der Waals surface area contributed by atoms with E-state index in [9.17, 15) is 0 Å². The van der Waals surface area contributed by atoms with Gasteiger partial charge in [-0.1, -0.05) is 6.42 Å². The fraction of sp³-hybridized carbons (Fsp3) is 1.00. The van der Waals surface area contributed by atoms with Gasteiger partial charge in [0.25, 0.3) is 0 Å². The van der Waals surface area contributed by atoms with Crippen LogP contribution < -0.4 is 5.32 Å². The maximum atomic E-state index is 6.23. The maximum absolute atomic E-state index is 6.23.